The molecule has 0 aliphatic rings. The highest BCUT2D eigenvalue weighted by atomic mass is 16.5. The van der Waals surface area contributed by atoms with E-state index >= 15 is 0 Å². The van der Waals surface area contributed by atoms with Crippen LogP contribution in [0.3, 0.4) is 0 Å². The maximum atomic E-state index is 10.3. The molecule has 0 saturated carbocycles. The Morgan fingerprint density at radius 1 is 1.59 bits per heavy atom. The lowest BCUT2D eigenvalue weighted by Gasteiger charge is -2.03. The highest BCUT2D eigenvalue weighted by Crippen LogP contribution is 2.10. The zero-order valence-electron chi connectivity index (χ0n) is 9.17. The number of ether oxygens (including phenoxy) is 1. The molecule has 0 fully saturated rings. The van der Waals surface area contributed by atoms with Gasteiger partial charge < -0.3 is 9.84 Å². The maximum Gasteiger partial charge on any atom is 0.328 e. The molecule has 1 aromatic heterocycles. The number of pyridine rings is 1. The summed E-state index contributed by atoms with van der Waals surface area (Å²) in [6, 6.07) is 5.41. The van der Waals surface area contributed by atoms with Gasteiger partial charge in [0.2, 0.25) is 0 Å². The van der Waals surface area contributed by atoms with Crippen LogP contribution < -0.4 is 4.74 Å². The SMILES string of the molecule is N#CCCCOc1ccc(C=CC(=O)O)nc1. The standard InChI is InChI=1S/C12H12N2O3/c13-7-1-2-8-17-11-5-3-10(14-9-11)4-6-12(15)16/h3-6,9H,1-2,8H2,(H,15,16). The molecule has 0 aliphatic heterocycles. The molecule has 17 heavy (non-hydrogen) atoms. The summed E-state index contributed by atoms with van der Waals surface area (Å²) in [7, 11) is 0. The molecule has 0 radical (unpaired) electrons. The Balaban J connectivity index is 2.45. The quantitative estimate of drug-likeness (QED) is 0.597. The Labute approximate surface area is 99.0 Å². The van der Waals surface area contributed by atoms with Crippen LogP contribution in [-0.4, -0.2) is 22.7 Å². The van der Waals surface area contributed by atoms with E-state index in [0.29, 0.717) is 30.9 Å². The molecule has 0 saturated heterocycles. The molecular formula is C12H12N2O3. The van der Waals surface area contributed by atoms with Gasteiger partial charge in [0.25, 0.3) is 0 Å². The first kappa shape index (κ1) is 12.7. The lowest BCUT2D eigenvalue weighted by molar-refractivity contribution is -0.131. The summed E-state index contributed by atoms with van der Waals surface area (Å²) >= 11 is 0. The van der Waals surface area contributed by atoms with E-state index in [-0.39, 0.29) is 0 Å². The van der Waals surface area contributed by atoms with Crippen molar-refractivity contribution in [2.24, 2.45) is 0 Å². The minimum absolute atomic E-state index is 0.465. The zero-order valence-corrected chi connectivity index (χ0v) is 9.17. The summed E-state index contributed by atoms with van der Waals surface area (Å²) in [6.07, 6.45) is 5.09. The predicted octanol–water partition coefficient (Wildman–Crippen LogP) is 1.86. The summed E-state index contributed by atoms with van der Waals surface area (Å²) in [5.41, 5.74) is 0.553. The number of carboxylic acid groups (broad SMARTS) is 1. The fourth-order valence-electron chi connectivity index (χ4n) is 1.07. The van der Waals surface area contributed by atoms with Gasteiger partial charge in [-0.2, -0.15) is 5.26 Å². The first-order chi connectivity index (χ1) is 8.22. The Hall–Kier alpha value is -2.35. The van der Waals surface area contributed by atoms with Crippen molar-refractivity contribution in [1.29, 1.82) is 5.26 Å². The molecule has 1 N–H and O–H groups in total. The maximum absolute atomic E-state index is 10.3. The van der Waals surface area contributed by atoms with Crippen molar-refractivity contribution < 1.29 is 14.6 Å². The fourth-order valence-corrected chi connectivity index (χ4v) is 1.07. The van der Waals surface area contributed by atoms with E-state index in [1.807, 2.05) is 6.07 Å². The van der Waals surface area contributed by atoms with E-state index in [9.17, 15) is 4.79 Å². The average Bonchev–Trinajstić information content (AvgIpc) is 2.33. The first-order valence-electron chi connectivity index (χ1n) is 5.09. The normalized spacial score (nSPS) is 10.1. The molecule has 0 bridgehead atoms. The van der Waals surface area contributed by atoms with Crippen molar-refractivity contribution >= 4 is 12.0 Å². The Morgan fingerprint density at radius 3 is 3.00 bits per heavy atom. The molecule has 0 atom stereocenters. The van der Waals surface area contributed by atoms with Crippen LogP contribution >= 0.6 is 0 Å². The van der Waals surface area contributed by atoms with Crippen LogP contribution in [-0.2, 0) is 4.79 Å². The third kappa shape index (κ3) is 5.33. The number of rotatable bonds is 6. The molecule has 0 aliphatic carbocycles. The molecule has 1 heterocycles. The van der Waals surface area contributed by atoms with E-state index in [4.69, 9.17) is 15.1 Å². The first-order valence-corrected chi connectivity index (χ1v) is 5.09. The van der Waals surface area contributed by atoms with Gasteiger partial charge in [-0.3, -0.25) is 4.98 Å². The Bertz CT molecular complexity index is 432. The van der Waals surface area contributed by atoms with Crippen molar-refractivity contribution in [2.75, 3.05) is 6.61 Å². The number of unbranched alkanes of at least 4 members (excludes halogenated alkanes) is 1. The topological polar surface area (TPSA) is 83.2 Å². The lowest BCUT2D eigenvalue weighted by atomic mass is 10.3. The second-order valence-electron chi connectivity index (χ2n) is 3.20. The van der Waals surface area contributed by atoms with Crippen molar-refractivity contribution in [3.63, 3.8) is 0 Å². The largest absolute Gasteiger partial charge is 0.492 e. The summed E-state index contributed by atoms with van der Waals surface area (Å²) in [5, 5.41) is 16.8. The van der Waals surface area contributed by atoms with Crippen LogP contribution in [0.1, 0.15) is 18.5 Å². The van der Waals surface area contributed by atoms with Crippen LogP contribution in [0.15, 0.2) is 24.4 Å². The molecule has 0 amide bonds. The Kier molecular flexibility index (Phi) is 5.25. The van der Waals surface area contributed by atoms with E-state index in [1.54, 1.807) is 12.1 Å². The van der Waals surface area contributed by atoms with Gasteiger partial charge in [0.15, 0.2) is 0 Å². The summed E-state index contributed by atoms with van der Waals surface area (Å²) in [6.45, 7) is 0.472. The number of nitriles is 1. The molecular weight excluding hydrogens is 220 g/mol. The van der Waals surface area contributed by atoms with E-state index < -0.39 is 5.97 Å². The fraction of sp³-hybridized carbons (Fsp3) is 0.250. The van der Waals surface area contributed by atoms with Crippen LogP contribution in [0.25, 0.3) is 6.08 Å². The number of aromatic nitrogens is 1. The number of nitrogens with zero attached hydrogens (tertiary/aromatic N) is 2. The molecule has 0 unspecified atom stereocenters. The second kappa shape index (κ2) is 7.01. The monoisotopic (exact) mass is 232 g/mol. The van der Waals surface area contributed by atoms with Crippen LogP contribution in [0.2, 0.25) is 0 Å². The number of aliphatic carboxylic acids is 1. The van der Waals surface area contributed by atoms with Gasteiger partial charge in [0.05, 0.1) is 24.6 Å². The van der Waals surface area contributed by atoms with Crippen molar-refractivity contribution in [1.82, 2.24) is 4.98 Å². The zero-order chi connectivity index (χ0) is 12.5. The van der Waals surface area contributed by atoms with E-state index in [0.717, 1.165) is 6.08 Å². The van der Waals surface area contributed by atoms with Crippen molar-refractivity contribution in [2.45, 2.75) is 12.8 Å². The van der Waals surface area contributed by atoms with Crippen LogP contribution in [0.5, 0.6) is 5.75 Å². The molecule has 1 aromatic rings. The molecule has 88 valence electrons. The smallest absolute Gasteiger partial charge is 0.328 e. The summed E-state index contributed by atoms with van der Waals surface area (Å²) < 4.78 is 5.33. The number of hydrogen-bond donors (Lipinski definition) is 1. The highest BCUT2D eigenvalue weighted by molar-refractivity contribution is 5.84. The molecule has 0 aromatic carbocycles. The van der Waals surface area contributed by atoms with Crippen LogP contribution in [0, 0.1) is 11.3 Å². The number of hydrogen-bond acceptors (Lipinski definition) is 4. The summed E-state index contributed by atoms with van der Waals surface area (Å²) in [5.74, 6) is -0.404. The van der Waals surface area contributed by atoms with Gasteiger partial charge in [-0.05, 0) is 24.6 Å². The minimum Gasteiger partial charge on any atom is -0.492 e. The minimum atomic E-state index is -1.01. The average molecular weight is 232 g/mol. The van der Waals surface area contributed by atoms with E-state index in [1.165, 1.54) is 12.3 Å². The van der Waals surface area contributed by atoms with Gasteiger partial charge in [0.1, 0.15) is 5.75 Å². The summed E-state index contributed by atoms with van der Waals surface area (Å²) in [4.78, 5) is 14.3. The molecule has 0 spiro atoms. The second-order valence-corrected chi connectivity index (χ2v) is 3.20. The van der Waals surface area contributed by atoms with Crippen molar-refractivity contribution in [3.05, 3.63) is 30.1 Å². The molecule has 1 rings (SSSR count). The van der Waals surface area contributed by atoms with Gasteiger partial charge in [-0.1, -0.05) is 0 Å². The third-order valence-corrected chi connectivity index (χ3v) is 1.86. The molecule has 5 heteroatoms. The van der Waals surface area contributed by atoms with Crippen LogP contribution in [0.4, 0.5) is 0 Å². The predicted molar refractivity (Wildman–Crippen MR) is 61.2 cm³/mol. The Morgan fingerprint density at radius 2 is 2.41 bits per heavy atom. The van der Waals surface area contributed by atoms with Crippen molar-refractivity contribution in [3.8, 4) is 11.8 Å². The lowest BCUT2D eigenvalue weighted by Crippen LogP contribution is -1.97. The van der Waals surface area contributed by atoms with Gasteiger partial charge in [-0.25, -0.2) is 4.79 Å². The van der Waals surface area contributed by atoms with Gasteiger partial charge in [-0.15, -0.1) is 0 Å². The van der Waals surface area contributed by atoms with Gasteiger partial charge >= 0.3 is 5.97 Å². The van der Waals surface area contributed by atoms with E-state index in [2.05, 4.69) is 4.98 Å². The number of carbonyl (C=O) groups is 1. The third-order valence-electron chi connectivity index (χ3n) is 1.86. The van der Waals surface area contributed by atoms with Gasteiger partial charge in [0, 0.05) is 12.5 Å². The number of carboxylic acids is 1. The highest BCUT2D eigenvalue weighted by Gasteiger charge is 1.95. The molecule has 5 nitrogen and oxygen atoms in total.